The summed E-state index contributed by atoms with van der Waals surface area (Å²) in [5, 5.41) is 3.44. The molecular weight excluding hydrogens is 208 g/mol. The van der Waals surface area contributed by atoms with Gasteiger partial charge in [-0.25, -0.2) is 0 Å². The minimum atomic E-state index is 0.128. The molecule has 2 nitrogen and oxygen atoms in total. The summed E-state index contributed by atoms with van der Waals surface area (Å²) in [6.45, 7) is 2.32. The molecule has 3 N–H and O–H groups in total. The summed E-state index contributed by atoms with van der Waals surface area (Å²) in [7, 11) is 0. The van der Waals surface area contributed by atoms with Crippen molar-refractivity contribution in [2.75, 3.05) is 13.1 Å². The molecule has 2 aliphatic rings. The first kappa shape index (κ1) is 11.2. The Balaban J connectivity index is 1.81. The lowest BCUT2D eigenvalue weighted by Crippen LogP contribution is -2.29. The molecule has 2 heteroatoms. The van der Waals surface area contributed by atoms with Gasteiger partial charge in [0.05, 0.1) is 0 Å². The lowest BCUT2D eigenvalue weighted by atomic mass is 9.85. The molecule has 0 amide bonds. The molecule has 1 aliphatic carbocycles. The zero-order valence-electron chi connectivity index (χ0n) is 10.4. The van der Waals surface area contributed by atoms with E-state index in [0.717, 1.165) is 25.4 Å². The summed E-state index contributed by atoms with van der Waals surface area (Å²) >= 11 is 0. The fourth-order valence-corrected chi connectivity index (χ4v) is 2.94. The van der Waals surface area contributed by atoms with E-state index >= 15 is 0 Å². The van der Waals surface area contributed by atoms with Gasteiger partial charge >= 0.3 is 0 Å². The van der Waals surface area contributed by atoms with Crippen LogP contribution in [0.2, 0.25) is 0 Å². The van der Waals surface area contributed by atoms with Crippen LogP contribution < -0.4 is 11.1 Å². The minimum absolute atomic E-state index is 0.128. The second-order valence-electron chi connectivity index (χ2n) is 5.76. The van der Waals surface area contributed by atoms with E-state index in [1.807, 2.05) is 0 Å². The van der Waals surface area contributed by atoms with Crippen LogP contribution in [0.5, 0.6) is 0 Å². The molecule has 1 saturated carbocycles. The summed E-state index contributed by atoms with van der Waals surface area (Å²) < 4.78 is 0. The molecule has 0 spiro atoms. The van der Waals surface area contributed by atoms with Gasteiger partial charge in [0.15, 0.2) is 0 Å². The normalized spacial score (nSPS) is 23.6. The second kappa shape index (κ2) is 4.43. The van der Waals surface area contributed by atoms with Crippen LogP contribution in [0.3, 0.4) is 0 Å². The molecule has 0 bridgehead atoms. The molecule has 0 radical (unpaired) electrons. The Labute approximate surface area is 104 Å². The molecule has 0 atom stereocenters. The van der Waals surface area contributed by atoms with Crippen LogP contribution in [0, 0.1) is 0 Å². The molecule has 0 aromatic heterocycles. The number of nitrogens with one attached hydrogen (secondary N) is 1. The van der Waals surface area contributed by atoms with Crippen LogP contribution in [-0.2, 0) is 6.42 Å². The van der Waals surface area contributed by atoms with Crippen LogP contribution in [0.1, 0.15) is 42.7 Å². The number of rotatable bonds is 3. The predicted molar refractivity (Wildman–Crippen MR) is 71.1 cm³/mol. The van der Waals surface area contributed by atoms with Gasteiger partial charge in [-0.15, -0.1) is 0 Å². The molecule has 92 valence electrons. The number of hydrogen-bond acceptors (Lipinski definition) is 2. The van der Waals surface area contributed by atoms with Crippen molar-refractivity contribution in [3.05, 3.63) is 35.4 Å². The highest BCUT2D eigenvalue weighted by atomic mass is 14.9. The summed E-state index contributed by atoms with van der Waals surface area (Å²) in [6, 6.07) is 8.93. The monoisotopic (exact) mass is 230 g/mol. The smallest absolute Gasteiger partial charge is 0.0196 e. The van der Waals surface area contributed by atoms with E-state index in [2.05, 4.69) is 29.6 Å². The maximum absolute atomic E-state index is 6.26. The van der Waals surface area contributed by atoms with E-state index in [1.165, 1.54) is 31.2 Å². The van der Waals surface area contributed by atoms with Crippen molar-refractivity contribution < 1.29 is 0 Å². The van der Waals surface area contributed by atoms with Gasteiger partial charge in [-0.05, 0) is 62.2 Å². The SMILES string of the molecule is NC1(Cc2ccccc2C2CCNCC2)CC1. The van der Waals surface area contributed by atoms with E-state index in [0.29, 0.717) is 0 Å². The first-order chi connectivity index (χ1) is 8.27. The molecular formula is C15H22N2. The average Bonchev–Trinajstić information content (AvgIpc) is 3.09. The van der Waals surface area contributed by atoms with Crippen molar-refractivity contribution in [1.82, 2.24) is 5.32 Å². The van der Waals surface area contributed by atoms with Crippen LogP contribution in [0.25, 0.3) is 0 Å². The fourth-order valence-electron chi connectivity index (χ4n) is 2.94. The van der Waals surface area contributed by atoms with Gasteiger partial charge in [-0.1, -0.05) is 24.3 Å². The molecule has 1 aliphatic heterocycles. The van der Waals surface area contributed by atoms with E-state index in [-0.39, 0.29) is 5.54 Å². The van der Waals surface area contributed by atoms with Crippen LogP contribution in [0.4, 0.5) is 0 Å². The van der Waals surface area contributed by atoms with Gasteiger partial charge in [0, 0.05) is 5.54 Å². The van der Waals surface area contributed by atoms with Crippen molar-refractivity contribution in [1.29, 1.82) is 0 Å². The number of benzene rings is 1. The summed E-state index contributed by atoms with van der Waals surface area (Å²) in [5.74, 6) is 0.745. The molecule has 0 unspecified atom stereocenters. The van der Waals surface area contributed by atoms with Gasteiger partial charge in [0.25, 0.3) is 0 Å². The highest BCUT2D eigenvalue weighted by Gasteiger charge is 2.38. The molecule has 1 aromatic rings. The molecule has 17 heavy (non-hydrogen) atoms. The molecule has 2 fully saturated rings. The van der Waals surface area contributed by atoms with Crippen molar-refractivity contribution in [2.24, 2.45) is 5.73 Å². The lowest BCUT2D eigenvalue weighted by molar-refractivity contribution is 0.457. The average molecular weight is 230 g/mol. The van der Waals surface area contributed by atoms with E-state index in [1.54, 1.807) is 5.56 Å². The first-order valence-corrected chi connectivity index (χ1v) is 6.84. The highest BCUT2D eigenvalue weighted by molar-refractivity contribution is 5.33. The number of piperidine rings is 1. The van der Waals surface area contributed by atoms with Crippen molar-refractivity contribution in [3.8, 4) is 0 Å². The summed E-state index contributed by atoms with van der Waals surface area (Å²) in [5.41, 5.74) is 9.45. The third kappa shape index (κ3) is 2.53. The number of hydrogen-bond donors (Lipinski definition) is 2. The Hall–Kier alpha value is -0.860. The van der Waals surface area contributed by atoms with Crippen LogP contribution in [-0.4, -0.2) is 18.6 Å². The van der Waals surface area contributed by atoms with Crippen LogP contribution >= 0.6 is 0 Å². The van der Waals surface area contributed by atoms with Crippen molar-refractivity contribution >= 4 is 0 Å². The van der Waals surface area contributed by atoms with Gasteiger partial charge in [-0.3, -0.25) is 0 Å². The van der Waals surface area contributed by atoms with E-state index < -0.39 is 0 Å². The van der Waals surface area contributed by atoms with E-state index in [9.17, 15) is 0 Å². The first-order valence-electron chi connectivity index (χ1n) is 6.84. The Morgan fingerprint density at radius 1 is 1.18 bits per heavy atom. The fraction of sp³-hybridized carbons (Fsp3) is 0.600. The quantitative estimate of drug-likeness (QED) is 0.835. The summed E-state index contributed by atoms with van der Waals surface area (Å²) in [6.07, 6.45) is 6.03. The van der Waals surface area contributed by atoms with Gasteiger partial charge in [0.2, 0.25) is 0 Å². The minimum Gasteiger partial charge on any atom is -0.325 e. The topological polar surface area (TPSA) is 38.0 Å². The second-order valence-corrected chi connectivity index (χ2v) is 5.76. The van der Waals surface area contributed by atoms with Gasteiger partial charge < -0.3 is 11.1 Å². The Morgan fingerprint density at radius 3 is 2.59 bits per heavy atom. The number of nitrogens with two attached hydrogens (primary N) is 1. The Kier molecular flexibility index (Phi) is 2.93. The third-order valence-corrected chi connectivity index (χ3v) is 4.27. The van der Waals surface area contributed by atoms with Crippen molar-refractivity contribution in [3.63, 3.8) is 0 Å². The molecule has 3 rings (SSSR count). The Bertz CT molecular complexity index is 390. The van der Waals surface area contributed by atoms with Crippen molar-refractivity contribution in [2.45, 2.75) is 43.6 Å². The van der Waals surface area contributed by atoms with Gasteiger partial charge in [-0.2, -0.15) is 0 Å². The van der Waals surface area contributed by atoms with E-state index in [4.69, 9.17) is 5.73 Å². The largest absolute Gasteiger partial charge is 0.325 e. The molecule has 1 aromatic carbocycles. The molecule has 1 saturated heterocycles. The third-order valence-electron chi connectivity index (χ3n) is 4.27. The lowest BCUT2D eigenvalue weighted by Gasteiger charge is -2.26. The van der Waals surface area contributed by atoms with Crippen LogP contribution in [0.15, 0.2) is 24.3 Å². The zero-order valence-corrected chi connectivity index (χ0v) is 10.4. The maximum Gasteiger partial charge on any atom is 0.0196 e. The molecule has 1 heterocycles. The van der Waals surface area contributed by atoms with Gasteiger partial charge in [0.1, 0.15) is 0 Å². The predicted octanol–water partition coefficient (Wildman–Crippen LogP) is 2.19. The summed E-state index contributed by atoms with van der Waals surface area (Å²) in [4.78, 5) is 0. The Morgan fingerprint density at radius 2 is 1.88 bits per heavy atom. The maximum atomic E-state index is 6.26. The highest BCUT2D eigenvalue weighted by Crippen LogP contribution is 2.38. The zero-order chi connectivity index (χ0) is 11.7. The standard InChI is InChI=1S/C15H22N2/c16-15(7-8-15)11-13-3-1-2-4-14(13)12-5-9-17-10-6-12/h1-4,12,17H,5-11,16H2.